The van der Waals surface area contributed by atoms with Crippen LogP contribution in [0.15, 0.2) is 23.1 Å². The van der Waals surface area contributed by atoms with Crippen LogP contribution in [0.1, 0.15) is 5.56 Å². The van der Waals surface area contributed by atoms with Gasteiger partial charge >= 0.3 is 0 Å². The summed E-state index contributed by atoms with van der Waals surface area (Å²) in [6.45, 7) is 0. The van der Waals surface area contributed by atoms with E-state index in [0.717, 1.165) is 6.07 Å². The third kappa shape index (κ3) is 2.74. The van der Waals surface area contributed by atoms with E-state index in [1.54, 1.807) is 0 Å². The Morgan fingerprint density at radius 3 is 2.47 bits per heavy atom. The lowest BCUT2D eigenvalue weighted by atomic mass is 10.2. The number of nitro groups is 1. The number of non-ortho nitro benzene ring substituents is 1. The normalized spacial score (nSPS) is 11.3. The second kappa shape index (κ2) is 4.25. The van der Waals surface area contributed by atoms with Crippen LogP contribution in [0.2, 0.25) is 0 Å². The average molecular weight is 296 g/mol. The van der Waals surface area contributed by atoms with E-state index in [0.29, 0.717) is 0 Å². The van der Waals surface area contributed by atoms with Crippen molar-refractivity contribution < 1.29 is 17.9 Å². The van der Waals surface area contributed by atoms with Crippen LogP contribution >= 0.6 is 15.9 Å². The molecule has 0 spiro atoms. The lowest BCUT2D eigenvalue weighted by molar-refractivity contribution is -0.385. The fraction of sp³-hybridized carbons (Fsp3) is 0.143. The van der Waals surface area contributed by atoms with E-state index in [1.807, 2.05) is 0 Å². The molecule has 1 N–H and O–H groups in total. The van der Waals surface area contributed by atoms with Crippen molar-refractivity contribution in [3.8, 4) is 0 Å². The summed E-state index contributed by atoms with van der Waals surface area (Å²) in [6, 6.07) is 3.27. The van der Waals surface area contributed by atoms with E-state index in [1.165, 1.54) is 12.1 Å². The molecule has 0 radical (unpaired) electrons. The third-order valence-corrected chi connectivity index (χ3v) is 3.22. The second-order valence-electron chi connectivity index (χ2n) is 2.66. The molecule has 0 amide bonds. The van der Waals surface area contributed by atoms with E-state index >= 15 is 0 Å². The Labute approximate surface area is 93.9 Å². The van der Waals surface area contributed by atoms with Crippen molar-refractivity contribution in [1.29, 1.82) is 0 Å². The number of rotatable bonds is 3. The summed E-state index contributed by atoms with van der Waals surface area (Å²) >= 11 is 3.02. The highest BCUT2D eigenvalue weighted by Crippen LogP contribution is 2.23. The molecule has 6 nitrogen and oxygen atoms in total. The van der Waals surface area contributed by atoms with Gasteiger partial charge in [-0.1, -0.05) is 15.9 Å². The van der Waals surface area contributed by atoms with Gasteiger partial charge in [0.25, 0.3) is 15.8 Å². The molecule has 0 atom stereocenters. The standard InChI is InChI=1S/C7H6BrNO5S/c8-4-5-1-2-6(9(10)11)3-7(5)15(12,13)14/h1-3H,4H2,(H,12,13,14). The average Bonchev–Trinajstić information content (AvgIpc) is 2.15. The molecule has 0 saturated heterocycles. The summed E-state index contributed by atoms with van der Waals surface area (Å²) in [6.07, 6.45) is 0. The first-order valence-electron chi connectivity index (χ1n) is 3.67. The Balaban J connectivity index is 3.46. The molecule has 0 unspecified atom stereocenters. The van der Waals surface area contributed by atoms with Gasteiger partial charge in [-0.25, -0.2) is 0 Å². The lowest BCUT2D eigenvalue weighted by Gasteiger charge is -2.03. The van der Waals surface area contributed by atoms with Gasteiger partial charge in [-0.05, 0) is 11.6 Å². The number of nitrogens with zero attached hydrogens (tertiary/aromatic N) is 1. The van der Waals surface area contributed by atoms with Crippen molar-refractivity contribution in [2.24, 2.45) is 0 Å². The largest absolute Gasteiger partial charge is 0.295 e. The van der Waals surface area contributed by atoms with Crippen molar-refractivity contribution in [2.45, 2.75) is 10.2 Å². The predicted octanol–water partition coefficient (Wildman–Crippen LogP) is 1.74. The van der Waals surface area contributed by atoms with Crippen LogP contribution in [0.5, 0.6) is 0 Å². The summed E-state index contributed by atoms with van der Waals surface area (Å²) < 4.78 is 30.6. The van der Waals surface area contributed by atoms with E-state index < -0.39 is 19.9 Å². The van der Waals surface area contributed by atoms with Crippen LogP contribution in [0.25, 0.3) is 0 Å². The molecular formula is C7H6BrNO5S. The summed E-state index contributed by atoms with van der Waals surface area (Å²) in [5.74, 6) is 0. The van der Waals surface area contributed by atoms with Gasteiger partial charge in [0, 0.05) is 17.5 Å². The van der Waals surface area contributed by atoms with E-state index in [4.69, 9.17) is 4.55 Å². The van der Waals surface area contributed by atoms with Gasteiger partial charge in [0.05, 0.1) is 4.92 Å². The quantitative estimate of drug-likeness (QED) is 0.396. The highest BCUT2D eigenvalue weighted by molar-refractivity contribution is 9.08. The van der Waals surface area contributed by atoms with E-state index in [9.17, 15) is 18.5 Å². The van der Waals surface area contributed by atoms with Gasteiger partial charge < -0.3 is 0 Å². The molecule has 0 fully saturated rings. The molecule has 1 rings (SSSR count). The number of alkyl halides is 1. The molecule has 0 bridgehead atoms. The summed E-state index contributed by atoms with van der Waals surface area (Å²) in [5.41, 5.74) is -0.115. The minimum absolute atomic E-state index is 0.181. The smallest absolute Gasteiger partial charge is 0.282 e. The van der Waals surface area contributed by atoms with Crippen LogP contribution in [-0.4, -0.2) is 17.9 Å². The van der Waals surface area contributed by atoms with Gasteiger partial charge in [-0.15, -0.1) is 0 Å². The van der Waals surface area contributed by atoms with Crippen molar-refractivity contribution in [2.75, 3.05) is 0 Å². The Bertz CT molecular complexity index is 498. The number of hydrogen-bond acceptors (Lipinski definition) is 4. The third-order valence-electron chi connectivity index (χ3n) is 1.68. The number of benzene rings is 1. The zero-order valence-electron chi connectivity index (χ0n) is 7.25. The Kier molecular flexibility index (Phi) is 3.42. The van der Waals surface area contributed by atoms with E-state index in [2.05, 4.69) is 15.9 Å². The molecule has 0 aliphatic heterocycles. The molecule has 8 heteroatoms. The van der Waals surface area contributed by atoms with Crippen molar-refractivity contribution in [3.05, 3.63) is 33.9 Å². The molecule has 0 aliphatic carbocycles. The van der Waals surface area contributed by atoms with E-state index in [-0.39, 0.29) is 16.6 Å². The predicted molar refractivity (Wildman–Crippen MR) is 55.5 cm³/mol. The SMILES string of the molecule is O=[N+]([O-])c1ccc(CBr)c(S(=O)(=O)O)c1. The Morgan fingerprint density at radius 2 is 2.07 bits per heavy atom. The molecule has 1 aromatic rings. The number of hydrogen-bond donors (Lipinski definition) is 1. The minimum Gasteiger partial charge on any atom is -0.282 e. The monoisotopic (exact) mass is 295 g/mol. The van der Waals surface area contributed by atoms with Crippen LogP contribution in [0.3, 0.4) is 0 Å². The maximum Gasteiger partial charge on any atom is 0.295 e. The molecular weight excluding hydrogens is 290 g/mol. The second-order valence-corrected chi connectivity index (χ2v) is 4.61. The topological polar surface area (TPSA) is 97.5 Å². The van der Waals surface area contributed by atoms with Crippen molar-refractivity contribution in [3.63, 3.8) is 0 Å². The molecule has 1 aromatic carbocycles. The van der Waals surface area contributed by atoms with Gasteiger partial charge in [-0.2, -0.15) is 8.42 Å². The molecule has 0 aliphatic rings. The zero-order chi connectivity index (χ0) is 11.6. The maximum absolute atomic E-state index is 10.9. The van der Waals surface area contributed by atoms with Gasteiger partial charge in [0.2, 0.25) is 0 Å². The number of halogens is 1. The first kappa shape index (κ1) is 12.1. The Hall–Kier alpha value is -0.990. The summed E-state index contributed by atoms with van der Waals surface area (Å²) in [4.78, 5) is 9.22. The van der Waals surface area contributed by atoms with Gasteiger partial charge in [0.1, 0.15) is 4.90 Å². The summed E-state index contributed by atoms with van der Waals surface area (Å²) in [7, 11) is -4.44. The molecule has 0 heterocycles. The van der Waals surface area contributed by atoms with Crippen molar-refractivity contribution >= 4 is 31.7 Å². The van der Waals surface area contributed by atoms with Gasteiger partial charge in [-0.3, -0.25) is 14.7 Å². The molecule has 15 heavy (non-hydrogen) atoms. The highest BCUT2D eigenvalue weighted by atomic mass is 79.9. The van der Waals surface area contributed by atoms with Crippen LogP contribution in [0.4, 0.5) is 5.69 Å². The first-order valence-corrected chi connectivity index (χ1v) is 6.23. The maximum atomic E-state index is 10.9. The van der Waals surface area contributed by atoms with Crippen LogP contribution in [0, 0.1) is 10.1 Å². The number of nitro benzene ring substituents is 1. The first-order chi connectivity index (χ1) is 6.86. The van der Waals surface area contributed by atoms with Crippen LogP contribution in [-0.2, 0) is 15.4 Å². The Morgan fingerprint density at radius 1 is 1.47 bits per heavy atom. The minimum atomic E-state index is -4.44. The zero-order valence-corrected chi connectivity index (χ0v) is 9.66. The molecule has 0 saturated carbocycles. The van der Waals surface area contributed by atoms with Gasteiger partial charge in [0.15, 0.2) is 0 Å². The fourth-order valence-corrected chi connectivity index (χ4v) is 2.42. The highest BCUT2D eigenvalue weighted by Gasteiger charge is 2.19. The van der Waals surface area contributed by atoms with Crippen LogP contribution < -0.4 is 0 Å². The lowest BCUT2D eigenvalue weighted by Crippen LogP contribution is -2.03. The molecule has 0 aromatic heterocycles. The molecule has 82 valence electrons. The fourth-order valence-electron chi connectivity index (χ4n) is 1.01. The van der Waals surface area contributed by atoms with Crippen molar-refractivity contribution in [1.82, 2.24) is 0 Å². The summed E-state index contributed by atoms with van der Waals surface area (Å²) in [5, 5.41) is 10.6.